The van der Waals surface area contributed by atoms with Gasteiger partial charge in [-0.3, -0.25) is 9.59 Å². The van der Waals surface area contributed by atoms with Gasteiger partial charge in [0.25, 0.3) is 0 Å². The molecule has 2 fully saturated rings. The highest BCUT2D eigenvalue weighted by Gasteiger charge is 2.30. The van der Waals surface area contributed by atoms with Crippen molar-refractivity contribution in [2.75, 3.05) is 32.7 Å². The Morgan fingerprint density at radius 3 is 2.48 bits per heavy atom. The third-order valence-electron chi connectivity index (χ3n) is 4.60. The molecule has 0 radical (unpaired) electrons. The predicted octanol–water partition coefficient (Wildman–Crippen LogP) is 0.791. The molecular formula is C17H22FN3O2. The van der Waals surface area contributed by atoms with Crippen molar-refractivity contribution in [3.8, 4) is 0 Å². The monoisotopic (exact) mass is 319 g/mol. The van der Waals surface area contributed by atoms with Crippen LogP contribution < -0.4 is 5.32 Å². The van der Waals surface area contributed by atoms with Gasteiger partial charge in [-0.15, -0.1) is 0 Å². The van der Waals surface area contributed by atoms with E-state index >= 15 is 0 Å². The lowest BCUT2D eigenvalue weighted by Crippen LogP contribution is -2.54. The summed E-state index contributed by atoms with van der Waals surface area (Å²) in [5.41, 5.74) is 0.422. The lowest BCUT2D eigenvalue weighted by atomic mass is 10.1. The van der Waals surface area contributed by atoms with Crippen molar-refractivity contribution in [1.82, 2.24) is 15.1 Å². The summed E-state index contributed by atoms with van der Waals surface area (Å²) in [4.78, 5) is 28.2. The van der Waals surface area contributed by atoms with Crippen LogP contribution in [-0.2, 0) is 16.0 Å². The topological polar surface area (TPSA) is 52.7 Å². The van der Waals surface area contributed by atoms with E-state index in [9.17, 15) is 14.0 Å². The second-order valence-electron chi connectivity index (χ2n) is 6.12. The van der Waals surface area contributed by atoms with E-state index in [4.69, 9.17) is 0 Å². The highest BCUT2D eigenvalue weighted by Crippen LogP contribution is 2.13. The maximum Gasteiger partial charge on any atom is 0.239 e. The van der Waals surface area contributed by atoms with E-state index in [0.717, 1.165) is 19.4 Å². The second kappa shape index (κ2) is 7.08. The number of rotatable bonds is 3. The number of nitrogens with one attached hydrogen (secondary N) is 1. The van der Waals surface area contributed by atoms with Crippen LogP contribution in [0.4, 0.5) is 4.39 Å². The number of carbonyl (C=O) groups is 2. The fourth-order valence-electron chi connectivity index (χ4n) is 3.21. The van der Waals surface area contributed by atoms with Gasteiger partial charge in [-0.05, 0) is 31.0 Å². The lowest BCUT2D eigenvalue weighted by molar-refractivity contribution is -0.140. The van der Waals surface area contributed by atoms with Crippen LogP contribution in [0.5, 0.6) is 0 Å². The van der Waals surface area contributed by atoms with Gasteiger partial charge in [0.1, 0.15) is 5.82 Å². The largest absolute Gasteiger partial charge is 0.339 e. The molecule has 23 heavy (non-hydrogen) atoms. The molecule has 1 aromatic rings. The second-order valence-corrected chi connectivity index (χ2v) is 6.12. The van der Waals surface area contributed by atoms with Crippen LogP contribution in [0.3, 0.4) is 0 Å². The summed E-state index contributed by atoms with van der Waals surface area (Å²) in [5, 5.41) is 3.21. The summed E-state index contributed by atoms with van der Waals surface area (Å²) >= 11 is 0. The Morgan fingerprint density at radius 2 is 1.83 bits per heavy atom. The normalized spacial score (nSPS) is 21.5. The van der Waals surface area contributed by atoms with Crippen LogP contribution >= 0.6 is 0 Å². The lowest BCUT2D eigenvalue weighted by Gasteiger charge is -2.36. The first kappa shape index (κ1) is 15.9. The van der Waals surface area contributed by atoms with Crippen molar-refractivity contribution in [3.63, 3.8) is 0 Å². The Hall–Kier alpha value is -1.95. The summed E-state index contributed by atoms with van der Waals surface area (Å²) in [5.74, 6) is -0.285. The molecule has 5 nitrogen and oxygen atoms in total. The van der Waals surface area contributed by atoms with Crippen molar-refractivity contribution in [1.29, 1.82) is 0 Å². The zero-order valence-corrected chi connectivity index (χ0v) is 13.1. The fourth-order valence-corrected chi connectivity index (χ4v) is 3.21. The molecule has 2 aliphatic rings. The molecule has 1 aromatic carbocycles. The molecule has 2 aliphatic heterocycles. The first-order chi connectivity index (χ1) is 11.1. The van der Waals surface area contributed by atoms with Crippen molar-refractivity contribution in [3.05, 3.63) is 35.6 Å². The summed E-state index contributed by atoms with van der Waals surface area (Å²) in [7, 11) is 0. The van der Waals surface area contributed by atoms with Crippen LogP contribution in [-0.4, -0.2) is 60.4 Å². The molecule has 6 heteroatoms. The number of halogens is 1. The van der Waals surface area contributed by atoms with Gasteiger partial charge in [-0.1, -0.05) is 18.2 Å². The maximum atomic E-state index is 13.6. The van der Waals surface area contributed by atoms with Gasteiger partial charge >= 0.3 is 0 Å². The first-order valence-electron chi connectivity index (χ1n) is 8.18. The van der Waals surface area contributed by atoms with E-state index in [1.807, 2.05) is 4.90 Å². The molecular weight excluding hydrogens is 297 g/mol. The van der Waals surface area contributed by atoms with E-state index in [0.29, 0.717) is 31.7 Å². The van der Waals surface area contributed by atoms with Crippen molar-refractivity contribution >= 4 is 11.8 Å². The predicted molar refractivity (Wildman–Crippen MR) is 84.3 cm³/mol. The average molecular weight is 319 g/mol. The minimum atomic E-state index is -0.345. The van der Waals surface area contributed by atoms with Gasteiger partial charge in [-0.2, -0.15) is 0 Å². The molecule has 2 amide bonds. The fraction of sp³-hybridized carbons (Fsp3) is 0.529. The van der Waals surface area contributed by atoms with Crippen LogP contribution in [0.25, 0.3) is 0 Å². The Bertz CT molecular complexity index is 579. The smallest absolute Gasteiger partial charge is 0.239 e. The van der Waals surface area contributed by atoms with Crippen LogP contribution in [0.2, 0.25) is 0 Å². The zero-order valence-electron chi connectivity index (χ0n) is 13.1. The summed E-state index contributed by atoms with van der Waals surface area (Å²) in [6, 6.07) is 6.30. The van der Waals surface area contributed by atoms with E-state index in [1.54, 1.807) is 23.1 Å². The van der Waals surface area contributed by atoms with E-state index in [-0.39, 0.29) is 30.1 Å². The molecule has 0 saturated carbocycles. The number of nitrogens with zero attached hydrogens (tertiary/aromatic N) is 2. The van der Waals surface area contributed by atoms with Crippen molar-refractivity contribution < 1.29 is 14.0 Å². The van der Waals surface area contributed by atoms with Crippen molar-refractivity contribution in [2.45, 2.75) is 25.3 Å². The third kappa shape index (κ3) is 3.69. The standard InChI is InChI=1S/C17H22FN3O2/c18-14-5-2-1-4-13(14)12-16(22)20-8-10-21(11-9-20)17(23)15-6-3-7-19-15/h1-2,4-5,15,19H,3,6-12H2. The Morgan fingerprint density at radius 1 is 1.13 bits per heavy atom. The van der Waals surface area contributed by atoms with E-state index in [2.05, 4.69) is 5.32 Å². The van der Waals surface area contributed by atoms with Crippen LogP contribution in [0, 0.1) is 5.82 Å². The van der Waals surface area contributed by atoms with Crippen LogP contribution in [0.1, 0.15) is 18.4 Å². The van der Waals surface area contributed by atoms with Gasteiger partial charge in [0.2, 0.25) is 11.8 Å². The van der Waals surface area contributed by atoms with E-state index in [1.165, 1.54) is 6.07 Å². The number of hydrogen-bond acceptors (Lipinski definition) is 3. The van der Waals surface area contributed by atoms with Crippen molar-refractivity contribution in [2.24, 2.45) is 0 Å². The molecule has 1 atom stereocenters. The Balaban J connectivity index is 1.51. The molecule has 0 aliphatic carbocycles. The molecule has 2 saturated heterocycles. The summed E-state index contributed by atoms with van der Waals surface area (Å²) < 4.78 is 13.6. The highest BCUT2D eigenvalue weighted by molar-refractivity contribution is 5.83. The number of amides is 2. The average Bonchev–Trinajstić information content (AvgIpc) is 3.11. The zero-order chi connectivity index (χ0) is 16.2. The molecule has 1 unspecified atom stereocenters. The highest BCUT2D eigenvalue weighted by atomic mass is 19.1. The molecule has 0 aromatic heterocycles. The Kier molecular flexibility index (Phi) is 4.91. The first-order valence-corrected chi connectivity index (χ1v) is 8.18. The minimum Gasteiger partial charge on any atom is -0.339 e. The molecule has 0 bridgehead atoms. The van der Waals surface area contributed by atoms with Gasteiger partial charge in [0.15, 0.2) is 0 Å². The maximum absolute atomic E-state index is 13.6. The van der Waals surface area contributed by atoms with Gasteiger partial charge in [-0.25, -0.2) is 4.39 Å². The third-order valence-corrected chi connectivity index (χ3v) is 4.60. The van der Waals surface area contributed by atoms with E-state index < -0.39 is 0 Å². The quantitative estimate of drug-likeness (QED) is 0.896. The number of hydrogen-bond donors (Lipinski definition) is 1. The van der Waals surface area contributed by atoms with Gasteiger partial charge in [0.05, 0.1) is 12.5 Å². The van der Waals surface area contributed by atoms with Crippen LogP contribution in [0.15, 0.2) is 24.3 Å². The number of carbonyl (C=O) groups excluding carboxylic acids is 2. The molecule has 0 spiro atoms. The Labute approximate surface area is 135 Å². The number of piperazine rings is 1. The molecule has 124 valence electrons. The SMILES string of the molecule is O=C(Cc1ccccc1F)N1CCN(C(=O)C2CCCN2)CC1. The minimum absolute atomic E-state index is 0.0596. The van der Waals surface area contributed by atoms with Gasteiger partial charge in [0, 0.05) is 26.2 Å². The summed E-state index contributed by atoms with van der Waals surface area (Å²) in [6.45, 7) is 3.05. The molecule has 2 heterocycles. The number of benzene rings is 1. The summed E-state index contributed by atoms with van der Waals surface area (Å²) in [6.07, 6.45) is 2.01. The molecule has 1 N–H and O–H groups in total. The molecule has 3 rings (SSSR count). The van der Waals surface area contributed by atoms with Gasteiger partial charge < -0.3 is 15.1 Å².